The number of carbonyl (C=O) groups is 1. The average molecular weight is 458 g/mol. The summed E-state index contributed by atoms with van der Waals surface area (Å²) in [5.74, 6) is -0.528. The van der Waals surface area contributed by atoms with E-state index in [2.05, 4.69) is 20.5 Å². The molecule has 0 saturated heterocycles. The zero-order valence-electron chi connectivity index (χ0n) is 19.3. The SMILES string of the molecule is CCOC(=O)c1ccc2c(c1)c1c(n2Cc2ccc(F)cc2)CCN(CCc2cccnc2)C1. The van der Waals surface area contributed by atoms with E-state index in [4.69, 9.17) is 4.74 Å². The fourth-order valence-corrected chi connectivity index (χ4v) is 4.82. The first-order chi connectivity index (χ1) is 16.6. The van der Waals surface area contributed by atoms with Crippen LogP contribution >= 0.6 is 0 Å². The lowest BCUT2D eigenvalue weighted by atomic mass is 10.0. The van der Waals surface area contributed by atoms with Gasteiger partial charge in [0, 0.05) is 61.6 Å². The van der Waals surface area contributed by atoms with E-state index in [-0.39, 0.29) is 11.8 Å². The van der Waals surface area contributed by atoms with Crippen LogP contribution in [0, 0.1) is 5.82 Å². The van der Waals surface area contributed by atoms with Crippen LogP contribution in [0.5, 0.6) is 0 Å². The lowest BCUT2D eigenvalue weighted by molar-refractivity contribution is 0.0526. The van der Waals surface area contributed by atoms with Crippen molar-refractivity contribution in [3.05, 3.63) is 101 Å². The molecule has 0 saturated carbocycles. The maximum absolute atomic E-state index is 13.5. The fraction of sp³-hybridized carbons (Fsp3) is 0.286. The number of hydrogen-bond donors (Lipinski definition) is 0. The first-order valence-electron chi connectivity index (χ1n) is 11.8. The molecule has 0 radical (unpaired) electrons. The Morgan fingerprint density at radius 3 is 2.74 bits per heavy atom. The lowest BCUT2D eigenvalue weighted by Gasteiger charge is -2.28. The van der Waals surface area contributed by atoms with Crippen LogP contribution in [0.25, 0.3) is 10.9 Å². The highest BCUT2D eigenvalue weighted by atomic mass is 19.1. The minimum atomic E-state index is -0.298. The molecule has 0 N–H and O–H groups in total. The van der Waals surface area contributed by atoms with Crippen molar-refractivity contribution in [2.75, 3.05) is 19.7 Å². The summed E-state index contributed by atoms with van der Waals surface area (Å²) in [5.41, 5.74) is 6.50. The predicted molar refractivity (Wildman–Crippen MR) is 130 cm³/mol. The Bertz CT molecular complexity index is 1300. The predicted octanol–water partition coefficient (Wildman–Crippen LogP) is 5.00. The van der Waals surface area contributed by atoms with Gasteiger partial charge in [-0.2, -0.15) is 0 Å². The molecule has 2 aromatic heterocycles. The molecule has 0 atom stereocenters. The van der Waals surface area contributed by atoms with Crippen LogP contribution in [-0.4, -0.2) is 40.1 Å². The zero-order chi connectivity index (χ0) is 23.5. The molecule has 5 nitrogen and oxygen atoms in total. The Balaban J connectivity index is 1.49. The van der Waals surface area contributed by atoms with Crippen LogP contribution in [0.4, 0.5) is 4.39 Å². The monoisotopic (exact) mass is 457 g/mol. The first kappa shape index (κ1) is 22.3. The molecule has 0 spiro atoms. The second-order valence-corrected chi connectivity index (χ2v) is 8.73. The quantitative estimate of drug-likeness (QED) is 0.367. The fourth-order valence-electron chi connectivity index (χ4n) is 4.82. The number of benzene rings is 2. The lowest BCUT2D eigenvalue weighted by Crippen LogP contribution is -2.32. The molecule has 1 aliphatic heterocycles. The second kappa shape index (κ2) is 9.77. The normalized spacial score (nSPS) is 13.7. The maximum atomic E-state index is 13.5. The van der Waals surface area contributed by atoms with Crippen molar-refractivity contribution in [3.63, 3.8) is 0 Å². The van der Waals surface area contributed by atoms with Crippen LogP contribution in [0.3, 0.4) is 0 Å². The molecular weight excluding hydrogens is 429 g/mol. The molecule has 6 heteroatoms. The number of esters is 1. The van der Waals surface area contributed by atoms with Crippen molar-refractivity contribution in [1.82, 2.24) is 14.5 Å². The standard InChI is InChI=1S/C28H28FN3O2/c1-2-34-28(33)22-7-10-26-24(16-22)25-19-31(14-11-20-4-3-13-30-17-20)15-12-27(25)32(26)18-21-5-8-23(29)9-6-21/h3-10,13,16-17H,2,11-12,14-15,18-19H2,1H3. The van der Waals surface area contributed by atoms with Crippen molar-refractivity contribution in [3.8, 4) is 0 Å². The molecule has 0 amide bonds. The topological polar surface area (TPSA) is 47.4 Å². The Hall–Kier alpha value is -3.51. The largest absolute Gasteiger partial charge is 0.462 e. The van der Waals surface area contributed by atoms with Gasteiger partial charge in [-0.15, -0.1) is 0 Å². The van der Waals surface area contributed by atoms with Crippen LogP contribution in [0.2, 0.25) is 0 Å². The van der Waals surface area contributed by atoms with Gasteiger partial charge in [0.25, 0.3) is 0 Å². The Labute approximate surface area is 198 Å². The van der Waals surface area contributed by atoms with Gasteiger partial charge in [-0.3, -0.25) is 9.88 Å². The van der Waals surface area contributed by atoms with Gasteiger partial charge in [-0.1, -0.05) is 18.2 Å². The third-order valence-corrected chi connectivity index (χ3v) is 6.54. The summed E-state index contributed by atoms with van der Waals surface area (Å²) < 4.78 is 21.0. The van der Waals surface area contributed by atoms with Crippen molar-refractivity contribution >= 4 is 16.9 Å². The highest BCUT2D eigenvalue weighted by Crippen LogP contribution is 2.33. The molecule has 0 unspecified atom stereocenters. The van der Waals surface area contributed by atoms with Crippen LogP contribution in [-0.2, 0) is 30.7 Å². The molecule has 34 heavy (non-hydrogen) atoms. The highest BCUT2D eigenvalue weighted by Gasteiger charge is 2.25. The molecule has 5 rings (SSSR count). The Morgan fingerprint density at radius 1 is 1.12 bits per heavy atom. The summed E-state index contributed by atoms with van der Waals surface area (Å²) in [7, 11) is 0. The number of rotatable bonds is 7. The first-order valence-corrected chi connectivity index (χ1v) is 11.8. The summed E-state index contributed by atoms with van der Waals surface area (Å²) in [6, 6.07) is 16.6. The second-order valence-electron chi connectivity index (χ2n) is 8.73. The zero-order valence-corrected chi connectivity index (χ0v) is 19.3. The molecule has 4 aromatic rings. The van der Waals surface area contributed by atoms with Gasteiger partial charge in [0.2, 0.25) is 0 Å². The van der Waals surface area contributed by atoms with E-state index in [0.29, 0.717) is 18.7 Å². The highest BCUT2D eigenvalue weighted by molar-refractivity contribution is 5.96. The van der Waals surface area contributed by atoms with Crippen LogP contribution in [0.1, 0.15) is 39.7 Å². The van der Waals surface area contributed by atoms with Gasteiger partial charge < -0.3 is 9.30 Å². The summed E-state index contributed by atoms with van der Waals surface area (Å²) in [6.07, 6.45) is 5.60. The van der Waals surface area contributed by atoms with E-state index in [0.717, 1.165) is 48.9 Å². The number of pyridine rings is 1. The minimum absolute atomic E-state index is 0.230. The summed E-state index contributed by atoms with van der Waals surface area (Å²) >= 11 is 0. The van der Waals surface area contributed by atoms with E-state index < -0.39 is 0 Å². The molecular formula is C28H28FN3O2. The van der Waals surface area contributed by atoms with E-state index in [9.17, 15) is 9.18 Å². The van der Waals surface area contributed by atoms with Crippen molar-refractivity contribution < 1.29 is 13.9 Å². The molecule has 174 valence electrons. The molecule has 0 bridgehead atoms. The van der Waals surface area contributed by atoms with E-state index in [1.165, 1.54) is 29.0 Å². The van der Waals surface area contributed by atoms with Gasteiger partial charge in [0.1, 0.15) is 5.82 Å². The number of fused-ring (bicyclic) bond motifs is 3. The Kier molecular flexibility index (Phi) is 6.41. The van der Waals surface area contributed by atoms with Gasteiger partial charge in [-0.05, 0) is 66.4 Å². The summed E-state index contributed by atoms with van der Waals surface area (Å²) in [6.45, 7) is 5.58. The van der Waals surface area contributed by atoms with Crippen molar-refractivity contribution in [2.45, 2.75) is 32.9 Å². The molecule has 1 aliphatic rings. The molecule has 0 fully saturated rings. The molecule has 2 aromatic carbocycles. The molecule has 3 heterocycles. The maximum Gasteiger partial charge on any atom is 0.338 e. The van der Waals surface area contributed by atoms with Gasteiger partial charge >= 0.3 is 5.97 Å². The minimum Gasteiger partial charge on any atom is -0.462 e. The van der Waals surface area contributed by atoms with Crippen LogP contribution in [0.15, 0.2) is 67.0 Å². The summed E-state index contributed by atoms with van der Waals surface area (Å²) in [4.78, 5) is 19.1. The van der Waals surface area contributed by atoms with Crippen molar-refractivity contribution in [1.29, 1.82) is 0 Å². The number of ether oxygens (including phenoxy) is 1. The molecule has 0 aliphatic carbocycles. The summed E-state index contributed by atoms with van der Waals surface area (Å²) in [5, 5.41) is 1.09. The van der Waals surface area contributed by atoms with E-state index in [1.807, 2.05) is 49.5 Å². The number of carbonyl (C=O) groups excluding carboxylic acids is 1. The number of aromatic nitrogens is 2. The van der Waals surface area contributed by atoms with Crippen LogP contribution < -0.4 is 0 Å². The van der Waals surface area contributed by atoms with Gasteiger partial charge in [-0.25, -0.2) is 9.18 Å². The number of nitrogens with zero attached hydrogens (tertiary/aromatic N) is 3. The van der Waals surface area contributed by atoms with E-state index in [1.54, 1.807) is 6.20 Å². The van der Waals surface area contributed by atoms with Gasteiger partial charge in [0.05, 0.1) is 12.2 Å². The Morgan fingerprint density at radius 2 is 1.97 bits per heavy atom. The average Bonchev–Trinajstić information content (AvgIpc) is 3.17. The van der Waals surface area contributed by atoms with Crippen molar-refractivity contribution in [2.24, 2.45) is 0 Å². The number of hydrogen-bond acceptors (Lipinski definition) is 4. The van der Waals surface area contributed by atoms with E-state index >= 15 is 0 Å². The smallest absolute Gasteiger partial charge is 0.338 e. The third-order valence-electron chi connectivity index (χ3n) is 6.54. The van der Waals surface area contributed by atoms with Gasteiger partial charge in [0.15, 0.2) is 0 Å². The number of halogens is 1. The third kappa shape index (κ3) is 4.59.